The van der Waals surface area contributed by atoms with E-state index in [0.717, 1.165) is 0 Å². The molecule has 1 rings (SSSR count). The van der Waals surface area contributed by atoms with E-state index in [9.17, 15) is 9.59 Å². The molecule has 0 radical (unpaired) electrons. The summed E-state index contributed by atoms with van der Waals surface area (Å²) in [4.78, 5) is 25.3. The molecule has 0 fully saturated rings. The van der Waals surface area contributed by atoms with E-state index in [1.54, 1.807) is 11.9 Å². The number of ether oxygens (including phenoxy) is 1. The number of hydrogen-bond acceptors (Lipinski definition) is 5. The first kappa shape index (κ1) is 17.1. The minimum atomic E-state index is -0.560. The Morgan fingerprint density at radius 3 is 2.57 bits per heavy atom. The van der Waals surface area contributed by atoms with Crippen molar-refractivity contribution in [1.29, 1.82) is 0 Å². The SMILES string of the molecule is COC(=O)c1cc(N)cc(Cl)c1N(C)CC(=O)NC(C)C. The molecule has 0 spiro atoms. The lowest BCUT2D eigenvalue weighted by Crippen LogP contribution is -2.39. The number of carbonyl (C=O) groups is 2. The van der Waals surface area contributed by atoms with Crippen molar-refractivity contribution in [2.24, 2.45) is 0 Å². The molecule has 0 saturated heterocycles. The number of esters is 1. The Hall–Kier alpha value is -1.95. The molecule has 0 aromatic heterocycles. The smallest absolute Gasteiger partial charge is 0.340 e. The van der Waals surface area contributed by atoms with Crippen molar-refractivity contribution >= 4 is 34.9 Å². The molecule has 7 heteroatoms. The van der Waals surface area contributed by atoms with Crippen molar-refractivity contribution < 1.29 is 14.3 Å². The lowest BCUT2D eigenvalue weighted by atomic mass is 10.1. The fourth-order valence-corrected chi connectivity index (χ4v) is 2.31. The van der Waals surface area contributed by atoms with E-state index < -0.39 is 5.97 Å². The fourth-order valence-electron chi connectivity index (χ4n) is 1.94. The number of halogens is 1. The first-order chi connectivity index (χ1) is 9.76. The standard InChI is InChI=1S/C14H20ClN3O3/c1-8(2)17-12(19)7-18(3)13-10(14(20)21-4)5-9(16)6-11(13)15/h5-6,8H,7,16H2,1-4H3,(H,17,19). The maximum absolute atomic E-state index is 11.8. The van der Waals surface area contributed by atoms with Gasteiger partial charge in [0.1, 0.15) is 0 Å². The number of rotatable bonds is 5. The second-order valence-electron chi connectivity index (χ2n) is 4.97. The lowest BCUT2D eigenvalue weighted by Gasteiger charge is -2.23. The van der Waals surface area contributed by atoms with E-state index >= 15 is 0 Å². The third kappa shape index (κ3) is 4.53. The lowest BCUT2D eigenvalue weighted by molar-refractivity contribution is -0.120. The molecule has 0 atom stereocenters. The van der Waals surface area contributed by atoms with E-state index in [-0.39, 0.29) is 29.1 Å². The second kappa shape index (κ2) is 7.17. The van der Waals surface area contributed by atoms with Crippen LogP contribution in [-0.2, 0) is 9.53 Å². The van der Waals surface area contributed by atoms with Crippen LogP contribution in [0.1, 0.15) is 24.2 Å². The molecule has 1 aromatic carbocycles. The first-order valence-corrected chi connectivity index (χ1v) is 6.81. The van der Waals surface area contributed by atoms with Crippen LogP contribution in [0.3, 0.4) is 0 Å². The normalized spacial score (nSPS) is 10.4. The van der Waals surface area contributed by atoms with Crippen LogP contribution in [0.25, 0.3) is 0 Å². The average molecular weight is 314 g/mol. The van der Waals surface area contributed by atoms with Crippen molar-refractivity contribution in [3.63, 3.8) is 0 Å². The summed E-state index contributed by atoms with van der Waals surface area (Å²) in [5.74, 6) is -0.730. The van der Waals surface area contributed by atoms with Gasteiger partial charge in [-0.1, -0.05) is 11.6 Å². The summed E-state index contributed by atoms with van der Waals surface area (Å²) < 4.78 is 4.73. The van der Waals surface area contributed by atoms with E-state index in [4.69, 9.17) is 22.1 Å². The summed E-state index contributed by atoms with van der Waals surface area (Å²) >= 11 is 6.16. The van der Waals surface area contributed by atoms with Crippen LogP contribution in [-0.4, -0.2) is 38.6 Å². The average Bonchev–Trinajstić information content (AvgIpc) is 2.35. The Balaban J connectivity index is 3.10. The van der Waals surface area contributed by atoms with Crippen molar-refractivity contribution in [3.05, 3.63) is 22.7 Å². The maximum Gasteiger partial charge on any atom is 0.340 e. The number of amides is 1. The molecule has 0 heterocycles. The molecule has 21 heavy (non-hydrogen) atoms. The summed E-state index contributed by atoms with van der Waals surface area (Å²) in [6.45, 7) is 3.80. The van der Waals surface area contributed by atoms with Gasteiger partial charge in [0.2, 0.25) is 5.91 Å². The minimum absolute atomic E-state index is 0.0351. The zero-order valence-electron chi connectivity index (χ0n) is 12.6. The highest BCUT2D eigenvalue weighted by atomic mass is 35.5. The second-order valence-corrected chi connectivity index (χ2v) is 5.38. The molecule has 1 aromatic rings. The molecule has 0 saturated carbocycles. The number of likely N-dealkylation sites (N-methyl/N-ethyl adjacent to an activating group) is 1. The van der Waals surface area contributed by atoms with Crippen molar-refractivity contribution in [1.82, 2.24) is 5.32 Å². The topological polar surface area (TPSA) is 84.7 Å². The number of nitrogens with two attached hydrogens (primary N) is 1. The molecule has 0 aliphatic rings. The number of hydrogen-bond donors (Lipinski definition) is 2. The third-order valence-corrected chi connectivity index (χ3v) is 2.99. The van der Waals surface area contributed by atoms with E-state index in [2.05, 4.69) is 5.32 Å². The van der Waals surface area contributed by atoms with Crippen LogP contribution < -0.4 is 16.0 Å². The molecule has 116 valence electrons. The number of nitrogens with one attached hydrogen (secondary N) is 1. The molecular formula is C14H20ClN3O3. The molecule has 0 aliphatic heterocycles. The molecule has 6 nitrogen and oxygen atoms in total. The monoisotopic (exact) mass is 313 g/mol. The summed E-state index contributed by atoms with van der Waals surface area (Å²) in [5.41, 5.74) is 6.69. The van der Waals surface area contributed by atoms with Crippen LogP contribution in [0.15, 0.2) is 12.1 Å². The molecule has 0 aliphatic carbocycles. The Morgan fingerprint density at radius 1 is 1.43 bits per heavy atom. The number of benzene rings is 1. The zero-order chi connectivity index (χ0) is 16.2. The number of methoxy groups -OCH3 is 1. The van der Waals surface area contributed by atoms with Crippen LogP contribution in [0.4, 0.5) is 11.4 Å². The van der Waals surface area contributed by atoms with E-state index in [1.165, 1.54) is 19.2 Å². The van der Waals surface area contributed by atoms with Gasteiger partial charge in [0.15, 0.2) is 0 Å². The van der Waals surface area contributed by atoms with Crippen molar-refractivity contribution in [2.75, 3.05) is 31.3 Å². The maximum atomic E-state index is 11.8. The fraction of sp³-hybridized carbons (Fsp3) is 0.429. The van der Waals surface area contributed by atoms with Gasteiger partial charge in [0.25, 0.3) is 0 Å². The molecule has 3 N–H and O–H groups in total. The number of anilines is 2. The predicted molar refractivity (Wildman–Crippen MR) is 83.8 cm³/mol. The van der Waals surface area contributed by atoms with E-state index in [0.29, 0.717) is 11.4 Å². The highest BCUT2D eigenvalue weighted by Crippen LogP contribution is 2.32. The highest BCUT2D eigenvalue weighted by molar-refractivity contribution is 6.34. The number of nitrogens with zero attached hydrogens (tertiary/aromatic N) is 1. The Kier molecular flexibility index (Phi) is 5.84. The molecule has 0 bridgehead atoms. The highest BCUT2D eigenvalue weighted by Gasteiger charge is 2.21. The Bertz CT molecular complexity index is 547. The van der Waals surface area contributed by atoms with Gasteiger partial charge in [0.05, 0.1) is 29.9 Å². The quantitative estimate of drug-likeness (QED) is 0.638. The van der Waals surface area contributed by atoms with Gasteiger partial charge in [-0.05, 0) is 26.0 Å². The summed E-state index contributed by atoms with van der Waals surface area (Å²) in [7, 11) is 2.94. The van der Waals surface area contributed by atoms with Gasteiger partial charge < -0.3 is 20.7 Å². The van der Waals surface area contributed by atoms with Crippen LogP contribution >= 0.6 is 11.6 Å². The Morgan fingerprint density at radius 2 is 2.05 bits per heavy atom. The van der Waals surface area contributed by atoms with Crippen LogP contribution in [0, 0.1) is 0 Å². The number of nitrogen functional groups attached to an aromatic ring is 1. The first-order valence-electron chi connectivity index (χ1n) is 6.44. The largest absolute Gasteiger partial charge is 0.465 e. The minimum Gasteiger partial charge on any atom is -0.465 e. The van der Waals surface area contributed by atoms with Crippen molar-refractivity contribution in [2.45, 2.75) is 19.9 Å². The van der Waals surface area contributed by atoms with Gasteiger partial charge in [-0.25, -0.2) is 4.79 Å². The zero-order valence-corrected chi connectivity index (χ0v) is 13.3. The number of carbonyl (C=O) groups excluding carboxylic acids is 2. The van der Waals surface area contributed by atoms with Gasteiger partial charge >= 0.3 is 5.97 Å². The molecule has 0 unspecified atom stereocenters. The van der Waals surface area contributed by atoms with E-state index in [1.807, 2.05) is 13.8 Å². The third-order valence-electron chi connectivity index (χ3n) is 2.70. The predicted octanol–water partition coefficient (Wildman–Crippen LogP) is 1.67. The van der Waals surface area contributed by atoms with Gasteiger partial charge in [-0.3, -0.25) is 4.79 Å². The van der Waals surface area contributed by atoms with Crippen LogP contribution in [0.5, 0.6) is 0 Å². The van der Waals surface area contributed by atoms with Gasteiger partial charge in [-0.2, -0.15) is 0 Å². The van der Waals surface area contributed by atoms with Gasteiger partial charge in [0, 0.05) is 18.8 Å². The Labute approximate surface area is 129 Å². The molecular weight excluding hydrogens is 294 g/mol. The van der Waals surface area contributed by atoms with Crippen LogP contribution in [0.2, 0.25) is 5.02 Å². The summed E-state index contributed by atoms with van der Waals surface area (Å²) in [6.07, 6.45) is 0. The van der Waals surface area contributed by atoms with Crippen molar-refractivity contribution in [3.8, 4) is 0 Å². The molecule has 1 amide bonds. The summed E-state index contributed by atoms with van der Waals surface area (Å²) in [6, 6.07) is 3.04. The summed E-state index contributed by atoms with van der Waals surface area (Å²) in [5, 5.41) is 3.06. The van der Waals surface area contributed by atoms with Gasteiger partial charge in [-0.15, -0.1) is 0 Å².